The fourth-order valence-electron chi connectivity index (χ4n) is 2.49. The summed E-state index contributed by atoms with van der Waals surface area (Å²) in [5, 5.41) is 0. The molecule has 1 aromatic carbocycles. The first kappa shape index (κ1) is 17.9. The first-order valence-corrected chi connectivity index (χ1v) is 9.54. The minimum atomic E-state index is -3.65. The zero-order valence-electron chi connectivity index (χ0n) is 13.9. The number of carbonyl (C=O) groups excluding carboxylic acids is 1. The van der Waals surface area contributed by atoms with Crippen LogP contribution >= 0.6 is 0 Å². The van der Waals surface area contributed by atoms with Crippen molar-refractivity contribution in [3.05, 3.63) is 78.6 Å². The molecule has 7 heteroatoms. The van der Waals surface area contributed by atoms with Gasteiger partial charge in [-0.15, -0.1) is 0 Å². The first-order chi connectivity index (χ1) is 12.6. The molecule has 0 amide bonds. The van der Waals surface area contributed by atoms with E-state index in [0.29, 0.717) is 12.8 Å². The van der Waals surface area contributed by atoms with Gasteiger partial charge in [0.05, 0.1) is 4.90 Å². The highest BCUT2D eigenvalue weighted by atomic mass is 32.2. The molecule has 0 aliphatic heterocycles. The smallest absolute Gasteiger partial charge is 0.209 e. The average Bonchev–Trinajstić information content (AvgIpc) is 2.68. The van der Waals surface area contributed by atoms with Crippen molar-refractivity contribution >= 4 is 15.6 Å². The summed E-state index contributed by atoms with van der Waals surface area (Å²) in [6.45, 7) is 0. The normalized spacial score (nSPS) is 11.2. The van der Waals surface area contributed by atoms with E-state index in [1.807, 2.05) is 12.1 Å². The maximum atomic E-state index is 12.5. The van der Waals surface area contributed by atoms with E-state index in [1.54, 1.807) is 24.5 Å². The summed E-state index contributed by atoms with van der Waals surface area (Å²) >= 11 is 0. The number of aromatic nitrogens is 3. The van der Waals surface area contributed by atoms with Crippen LogP contribution in [0.5, 0.6) is 0 Å². The number of aryl methyl sites for hydroxylation is 1. The zero-order chi connectivity index (χ0) is 18.4. The Morgan fingerprint density at radius 2 is 1.58 bits per heavy atom. The number of sulfone groups is 1. The lowest BCUT2D eigenvalue weighted by Gasteiger charge is -2.06. The molecule has 0 atom stereocenters. The lowest BCUT2D eigenvalue weighted by Crippen LogP contribution is -2.06. The van der Waals surface area contributed by atoms with Gasteiger partial charge in [-0.1, -0.05) is 18.2 Å². The number of carbonyl (C=O) groups is 1. The Balaban J connectivity index is 1.63. The summed E-state index contributed by atoms with van der Waals surface area (Å²) in [5.41, 5.74) is 1.80. The molecule has 0 bridgehead atoms. The molecular formula is C19H17N3O3S. The van der Waals surface area contributed by atoms with Crippen molar-refractivity contribution in [1.29, 1.82) is 0 Å². The highest BCUT2D eigenvalue weighted by molar-refractivity contribution is 7.91. The highest BCUT2D eigenvalue weighted by Gasteiger charge is 2.18. The second-order valence-electron chi connectivity index (χ2n) is 5.80. The van der Waals surface area contributed by atoms with Gasteiger partial charge in [0.1, 0.15) is 17.0 Å². The Bertz CT molecular complexity index is 974. The first-order valence-electron chi connectivity index (χ1n) is 8.05. The molecule has 0 radical (unpaired) electrons. The van der Waals surface area contributed by atoms with E-state index in [4.69, 9.17) is 0 Å². The summed E-state index contributed by atoms with van der Waals surface area (Å²) in [4.78, 5) is 23.8. The lowest BCUT2D eigenvalue weighted by molar-refractivity contribution is -0.118. The van der Waals surface area contributed by atoms with Gasteiger partial charge in [-0.2, -0.15) is 0 Å². The molecule has 0 unspecified atom stereocenters. The number of Topliss-reactive ketones (excluding diaryl/α,β-unsaturated/α-hetero) is 1. The maximum Gasteiger partial charge on any atom is 0.209 e. The van der Waals surface area contributed by atoms with Crippen molar-refractivity contribution in [1.82, 2.24) is 15.0 Å². The molecule has 0 saturated heterocycles. The molecular weight excluding hydrogens is 350 g/mol. The van der Waals surface area contributed by atoms with Gasteiger partial charge in [-0.25, -0.2) is 18.4 Å². The van der Waals surface area contributed by atoms with Crippen LogP contribution in [0.4, 0.5) is 0 Å². The van der Waals surface area contributed by atoms with Crippen LogP contribution < -0.4 is 0 Å². The molecule has 2 aromatic heterocycles. The van der Waals surface area contributed by atoms with Crippen LogP contribution in [0.3, 0.4) is 0 Å². The topological polar surface area (TPSA) is 89.9 Å². The van der Waals surface area contributed by atoms with E-state index in [0.717, 1.165) is 11.1 Å². The fourth-order valence-corrected chi connectivity index (χ4v) is 3.66. The molecule has 0 fully saturated rings. The van der Waals surface area contributed by atoms with E-state index in [1.165, 1.54) is 30.9 Å². The molecule has 0 spiro atoms. The Kier molecular flexibility index (Phi) is 5.48. The van der Waals surface area contributed by atoms with Crippen LogP contribution in [-0.4, -0.2) is 29.2 Å². The number of nitrogens with zero attached hydrogens (tertiary/aromatic N) is 3. The van der Waals surface area contributed by atoms with E-state index < -0.39 is 9.84 Å². The van der Waals surface area contributed by atoms with Crippen LogP contribution in [0.15, 0.2) is 77.3 Å². The minimum Gasteiger partial charge on any atom is -0.299 e. The third kappa shape index (κ3) is 4.37. The fraction of sp³-hybridized carbons (Fsp3) is 0.158. The van der Waals surface area contributed by atoms with Crippen molar-refractivity contribution in [2.24, 2.45) is 0 Å². The number of ketones is 1. The quantitative estimate of drug-likeness (QED) is 0.637. The summed E-state index contributed by atoms with van der Waals surface area (Å²) in [6.07, 6.45) is 8.59. The van der Waals surface area contributed by atoms with Crippen molar-refractivity contribution in [2.45, 2.75) is 29.1 Å². The second-order valence-corrected chi connectivity index (χ2v) is 7.75. The third-order valence-electron chi connectivity index (χ3n) is 3.90. The molecule has 132 valence electrons. The van der Waals surface area contributed by atoms with Crippen LogP contribution in [0.1, 0.15) is 17.5 Å². The molecule has 3 rings (SSSR count). The zero-order valence-corrected chi connectivity index (χ0v) is 14.8. The number of pyridine rings is 1. The molecule has 0 aliphatic rings. The van der Waals surface area contributed by atoms with Gasteiger partial charge in [0.2, 0.25) is 9.84 Å². The minimum absolute atomic E-state index is 0.0419. The number of rotatable bonds is 7. The average molecular weight is 367 g/mol. The van der Waals surface area contributed by atoms with Crippen LogP contribution in [0.2, 0.25) is 0 Å². The Morgan fingerprint density at radius 1 is 0.846 bits per heavy atom. The van der Waals surface area contributed by atoms with E-state index in [-0.39, 0.29) is 22.0 Å². The predicted molar refractivity (Wildman–Crippen MR) is 95.2 cm³/mol. The summed E-state index contributed by atoms with van der Waals surface area (Å²) in [7, 11) is -3.65. The Morgan fingerprint density at radius 3 is 2.23 bits per heavy atom. The van der Waals surface area contributed by atoms with Gasteiger partial charge >= 0.3 is 0 Å². The van der Waals surface area contributed by atoms with Crippen molar-refractivity contribution in [3.8, 4) is 0 Å². The number of benzene rings is 1. The molecule has 26 heavy (non-hydrogen) atoms. The van der Waals surface area contributed by atoms with Crippen LogP contribution in [0, 0.1) is 0 Å². The largest absolute Gasteiger partial charge is 0.299 e. The van der Waals surface area contributed by atoms with E-state index in [9.17, 15) is 13.2 Å². The summed E-state index contributed by atoms with van der Waals surface area (Å²) in [6, 6.07) is 10.1. The van der Waals surface area contributed by atoms with Crippen LogP contribution in [-0.2, 0) is 27.5 Å². The second kappa shape index (κ2) is 7.97. The highest BCUT2D eigenvalue weighted by Crippen LogP contribution is 2.20. The van der Waals surface area contributed by atoms with Gasteiger partial charge in [0.25, 0.3) is 0 Å². The third-order valence-corrected chi connectivity index (χ3v) is 5.62. The standard InChI is InChI=1S/C19H17N3O3S/c23-17(6-3-16-2-1-9-20-11-16)10-15-4-7-18(8-5-15)26(24,25)19-12-21-14-22-13-19/h1-2,4-5,7-9,11-14H,3,6,10H2. The molecule has 2 heterocycles. The van der Waals surface area contributed by atoms with Gasteiger partial charge < -0.3 is 0 Å². The Hall–Kier alpha value is -2.93. The monoisotopic (exact) mass is 367 g/mol. The number of hydrogen-bond acceptors (Lipinski definition) is 6. The molecule has 6 nitrogen and oxygen atoms in total. The van der Waals surface area contributed by atoms with E-state index >= 15 is 0 Å². The van der Waals surface area contributed by atoms with Gasteiger partial charge in [-0.3, -0.25) is 9.78 Å². The van der Waals surface area contributed by atoms with Crippen molar-refractivity contribution in [3.63, 3.8) is 0 Å². The SMILES string of the molecule is O=C(CCc1cccnc1)Cc1ccc(S(=O)(=O)c2cncnc2)cc1. The number of hydrogen-bond donors (Lipinski definition) is 0. The van der Waals surface area contributed by atoms with Crippen molar-refractivity contribution < 1.29 is 13.2 Å². The maximum absolute atomic E-state index is 12.5. The molecule has 0 N–H and O–H groups in total. The van der Waals surface area contributed by atoms with E-state index in [2.05, 4.69) is 15.0 Å². The Labute approximate surface area is 151 Å². The lowest BCUT2D eigenvalue weighted by atomic mass is 10.0. The van der Waals surface area contributed by atoms with Gasteiger partial charge in [0.15, 0.2) is 0 Å². The summed E-state index contributed by atoms with van der Waals surface area (Å²) < 4.78 is 24.9. The van der Waals surface area contributed by atoms with Gasteiger partial charge in [-0.05, 0) is 35.7 Å². The van der Waals surface area contributed by atoms with Crippen LogP contribution in [0.25, 0.3) is 0 Å². The van der Waals surface area contributed by atoms with Gasteiger partial charge in [0, 0.05) is 37.6 Å². The summed E-state index contributed by atoms with van der Waals surface area (Å²) in [5.74, 6) is 0.0981. The predicted octanol–water partition coefficient (Wildman–Crippen LogP) is 2.45. The molecule has 3 aromatic rings. The molecule has 0 saturated carbocycles. The molecule has 0 aliphatic carbocycles. The van der Waals surface area contributed by atoms with Crippen molar-refractivity contribution in [2.75, 3.05) is 0 Å².